The number of hydrogen-bond donors (Lipinski definition) is 1. The maximum absolute atomic E-state index is 5.09. The second-order valence-electron chi connectivity index (χ2n) is 4.98. The third-order valence-electron chi connectivity index (χ3n) is 3.19. The Hall–Kier alpha value is -0.550. The van der Waals surface area contributed by atoms with Crippen LogP contribution in [0.25, 0.3) is 0 Å². The first-order valence-corrected chi connectivity index (χ1v) is 6.84. The van der Waals surface area contributed by atoms with Gasteiger partial charge in [0, 0.05) is 11.8 Å². The number of thioether (sulfide) groups is 1. The number of hydrogen-bond acceptors (Lipinski definition) is 5. The summed E-state index contributed by atoms with van der Waals surface area (Å²) in [7, 11) is 0. The van der Waals surface area contributed by atoms with Crippen LogP contribution in [0.2, 0.25) is 0 Å². The van der Waals surface area contributed by atoms with Gasteiger partial charge in [-0.15, -0.1) is 0 Å². The van der Waals surface area contributed by atoms with E-state index < -0.39 is 0 Å². The van der Waals surface area contributed by atoms with Gasteiger partial charge in [-0.05, 0) is 24.5 Å². The molecule has 90 valence electrons. The fourth-order valence-corrected chi connectivity index (χ4v) is 3.54. The van der Waals surface area contributed by atoms with Crippen molar-refractivity contribution < 1.29 is 4.52 Å². The first-order chi connectivity index (χ1) is 7.58. The lowest BCUT2D eigenvalue weighted by molar-refractivity contribution is 0.235. The standard InChI is InChI=1S/C11H19N3OS/c1-8-13-10(15-14-8)6-12-9-7-16-5-4-11(9,2)3/h9,12H,4-7H2,1-3H3. The minimum Gasteiger partial charge on any atom is -0.338 e. The zero-order valence-corrected chi connectivity index (χ0v) is 10.9. The molecule has 0 spiro atoms. The molecule has 1 unspecified atom stereocenters. The molecule has 0 aromatic carbocycles. The molecule has 0 bridgehead atoms. The van der Waals surface area contributed by atoms with Gasteiger partial charge in [-0.25, -0.2) is 0 Å². The molecule has 0 radical (unpaired) electrons. The largest absolute Gasteiger partial charge is 0.338 e. The highest BCUT2D eigenvalue weighted by molar-refractivity contribution is 7.99. The van der Waals surface area contributed by atoms with Crippen LogP contribution in [0.4, 0.5) is 0 Å². The zero-order chi connectivity index (χ0) is 11.6. The predicted molar refractivity (Wildman–Crippen MR) is 65.4 cm³/mol. The smallest absolute Gasteiger partial charge is 0.240 e. The van der Waals surface area contributed by atoms with E-state index in [0.717, 1.165) is 0 Å². The van der Waals surface area contributed by atoms with Gasteiger partial charge < -0.3 is 9.84 Å². The molecular weight excluding hydrogens is 222 g/mol. The average molecular weight is 241 g/mol. The van der Waals surface area contributed by atoms with Crippen molar-refractivity contribution in [1.29, 1.82) is 0 Å². The monoisotopic (exact) mass is 241 g/mol. The summed E-state index contributed by atoms with van der Waals surface area (Å²) in [4.78, 5) is 4.20. The fourth-order valence-electron chi connectivity index (χ4n) is 1.89. The molecule has 1 saturated heterocycles. The lowest BCUT2D eigenvalue weighted by Gasteiger charge is -2.38. The highest BCUT2D eigenvalue weighted by Crippen LogP contribution is 2.34. The Morgan fingerprint density at radius 2 is 2.38 bits per heavy atom. The third-order valence-corrected chi connectivity index (χ3v) is 4.25. The zero-order valence-electron chi connectivity index (χ0n) is 10.1. The number of nitrogens with zero attached hydrogens (tertiary/aromatic N) is 2. The van der Waals surface area contributed by atoms with E-state index >= 15 is 0 Å². The molecule has 1 aromatic heterocycles. The quantitative estimate of drug-likeness (QED) is 0.877. The molecule has 4 nitrogen and oxygen atoms in total. The van der Waals surface area contributed by atoms with Crippen molar-refractivity contribution in [2.75, 3.05) is 11.5 Å². The molecule has 5 heteroatoms. The SMILES string of the molecule is Cc1noc(CNC2CSCCC2(C)C)n1. The van der Waals surface area contributed by atoms with Gasteiger partial charge in [0.1, 0.15) is 0 Å². The Bertz CT molecular complexity index is 351. The second-order valence-corrected chi connectivity index (χ2v) is 6.13. The van der Waals surface area contributed by atoms with Crippen LogP contribution >= 0.6 is 11.8 Å². The van der Waals surface area contributed by atoms with Gasteiger partial charge in [-0.2, -0.15) is 16.7 Å². The Labute approximate surface area is 101 Å². The number of nitrogens with one attached hydrogen (secondary N) is 1. The number of rotatable bonds is 3. The van der Waals surface area contributed by atoms with E-state index in [-0.39, 0.29) is 0 Å². The fraction of sp³-hybridized carbons (Fsp3) is 0.818. The number of aromatic nitrogens is 2. The molecule has 1 aromatic rings. The predicted octanol–water partition coefficient (Wildman–Crippen LogP) is 2.00. The van der Waals surface area contributed by atoms with Crippen molar-refractivity contribution in [2.24, 2.45) is 5.41 Å². The van der Waals surface area contributed by atoms with Crippen molar-refractivity contribution in [3.63, 3.8) is 0 Å². The minimum atomic E-state index is 0.361. The summed E-state index contributed by atoms with van der Waals surface area (Å²) in [5.74, 6) is 3.82. The van der Waals surface area contributed by atoms with Gasteiger partial charge in [0.15, 0.2) is 5.82 Å². The van der Waals surface area contributed by atoms with Crippen LogP contribution in [0.5, 0.6) is 0 Å². The molecule has 2 heterocycles. The van der Waals surface area contributed by atoms with E-state index in [4.69, 9.17) is 4.52 Å². The minimum absolute atomic E-state index is 0.361. The van der Waals surface area contributed by atoms with Gasteiger partial charge in [0.2, 0.25) is 5.89 Å². The van der Waals surface area contributed by atoms with Gasteiger partial charge in [-0.1, -0.05) is 19.0 Å². The summed E-state index contributed by atoms with van der Waals surface area (Å²) in [6.45, 7) is 7.16. The van der Waals surface area contributed by atoms with Crippen molar-refractivity contribution >= 4 is 11.8 Å². The Morgan fingerprint density at radius 3 is 3.00 bits per heavy atom. The second kappa shape index (κ2) is 4.75. The van der Waals surface area contributed by atoms with Crippen LogP contribution in [0.3, 0.4) is 0 Å². The molecule has 16 heavy (non-hydrogen) atoms. The summed E-state index contributed by atoms with van der Waals surface area (Å²) in [6.07, 6.45) is 1.26. The van der Waals surface area contributed by atoms with E-state index in [1.807, 2.05) is 18.7 Å². The molecule has 1 N–H and O–H groups in total. The van der Waals surface area contributed by atoms with Gasteiger partial charge in [0.25, 0.3) is 0 Å². The van der Waals surface area contributed by atoms with Gasteiger partial charge in [-0.3, -0.25) is 0 Å². The van der Waals surface area contributed by atoms with E-state index in [1.165, 1.54) is 17.9 Å². The van der Waals surface area contributed by atoms with E-state index in [2.05, 4.69) is 29.3 Å². The first kappa shape index (κ1) is 11.9. The number of aryl methyl sites for hydroxylation is 1. The van der Waals surface area contributed by atoms with Crippen LogP contribution in [0, 0.1) is 12.3 Å². The average Bonchev–Trinajstić information content (AvgIpc) is 2.62. The van der Waals surface area contributed by atoms with E-state index in [0.29, 0.717) is 29.7 Å². The lowest BCUT2D eigenvalue weighted by Crippen LogP contribution is -2.46. The van der Waals surface area contributed by atoms with Crippen LogP contribution in [0.1, 0.15) is 32.0 Å². The van der Waals surface area contributed by atoms with Crippen LogP contribution in [0.15, 0.2) is 4.52 Å². The normalized spacial score (nSPS) is 24.6. The summed E-state index contributed by atoms with van der Waals surface area (Å²) in [5, 5.41) is 7.31. The van der Waals surface area contributed by atoms with E-state index in [1.54, 1.807) is 0 Å². The molecule has 0 amide bonds. The highest BCUT2D eigenvalue weighted by atomic mass is 32.2. The molecule has 1 fully saturated rings. The summed E-state index contributed by atoms with van der Waals surface area (Å²) < 4.78 is 5.09. The van der Waals surface area contributed by atoms with E-state index in [9.17, 15) is 0 Å². The summed E-state index contributed by atoms with van der Waals surface area (Å²) in [5.41, 5.74) is 0.361. The van der Waals surface area contributed by atoms with Crippen molar-refractivity contribution in [2.45, 2.75) is 39.8 Å². The van der Waals surface area contributed by atoms with Crippen LogP contribution in [-0.2, 0) is 6.54 Å². The molecule has 2 rings (SSSR count). The van der Waals surface area contributed by atoms with Crippen molar-refractivity contribution in [1.82, 2.24) is 15.5 Å². The van der Waals surface area contributed by atoms with Gasteiger partial charge >= 0.3 is 0 Å². The molecule has 1 aliphatic rings. The summed E-state index contributed by atoms with van der Waals surface area (Å²) in [6, 6.07) is 0.526. The Kier molecular flexibility index (Phi) is 3.54. The third kappa shape index (κ3) is 2.77. The van der Waals surface area contributed by atoms with Crippen molar-refractivity contribution in [3.8, 4) is 0 Å². The maximum atomic E-state index is 5.09. The Balaban J connectivity index is 1.89. The summed E-state index contributed by atoms with van der Waals surface area (Å²) >= 11 is 2.02. The van der Waals surface area contributed by atoms with Crippen LogP contribution in [-0.4, -0.2) is 27.7 Å². The van der Waals surface area contributed by atoms with Crippen molar-refractivity contribution in [3.05, 3.63) is 11.7 Å². The molecule has 0 saturated carbocycles. The molecule has 1 atom stereocenters. The van der Waals surface area contributed by atoms with Gasteiger partial charge in [0.05, 0.1) is 6.54 Å². The molecular formula is C11H19N3OS. The highest BCUT2D eigenvalue weighted by Gasteiger charge is 2.32. The molecule has 1 aliphatic heterocycles. The topological polar surface area (TPSA) is 51.0 Å². The van der Waals surface area contributed by atoms with Crippen LogP contribution < -0.4 is 5.32 Å². The lowest BCUT2D eigenvalue weighted by atomic mass is 9.82. The first-order valence-electron chi connectivity index (χ1n) is 5.68. The maximum Gasteiger partial charge on any atom is 0.240 e. The Morgan fingerprint density at radius 1 is 1.56 bits per heavy atom. The molecule has 0 aliphatic carbocycles.